The van der Waals surface area contributed by atoms with Gasteiger partial charge < -0.3 is 4.90 Å². The molecule has 106 valence electrons. The number of hydrogen-bond donors (Lipinski definition) is 0. The highest BCUT2D eigenvalue weighted by Crippen LogP contribution is 2.18. The number of likely N-dealkylation sites (N-methyl/N-ethyl adjacent to an activating group) is 1. The largest absolute Gasteiger partial charge is 0.308 e. The lowest BCUT2D eigenvalue weighted by Gasteiger charge is -2.11. The Kier molecular flexibility index (Phi) is 4.46. The molecule has 0 amide bonds. The van der Waals surface area contributed by atoms with E-state index in [0.717, 1.165) is 6.54 Å². The number of hydrogen-bond acceptors (Lipinski definition) is 5. The molecule has 2 rings (SSSR count). The summed E-state index contributed by atoms with van der Waals surface area (Å²) in [6.45, 7) is 3.09. The van der Waals surface area contributed by atoms with E-state index >= 15 is 0 Å². The molecule has 0 aliphatic carbocycles. The zero-order chi connectivity index (χ0) is 14.7. The topological polar surface area (TPSA) is 63.9 Å². The van der Waals surface area contributed by atoms with Crippen LogP contribution in [-0.2, 0) is 6.54 Å². The van der Waals surface area contributed by atoms with E-state index in [-0.39, 0.29) is 5.78 Å². The fourth-order valence-electron chi connectivity index (χ4n) is 1.76. The maximum absolute atomic E-state index is 12.5. The van der Waals surface area contributed by atoms with Crippen LogP contribution in [0.1, 0.15) is 22.0 Å². The fourth-order valence-corrected chi connectivity index (χ4v) is 1.98. The standard InChI is InChI=1S/C13H16ClN5O/c1-9-15-5-4-11(17-9)13(20)12-10(14)8-16-19(12)7-6-18(2)3/h4-5,8H,6-7H2,1-3H3. The van der Waals surface area contributed by atoms with Gasteiger partial charge in [-0.1, -0.05) is 11.6 Å². The van der Waals surface area contributed by atoms with Crippen LogP contribution < -0.4 is 0 Å². The second-order valence-corrected chi connectivity index (χ2v) is 5.09. The molecule has 0 saturated carbocycles. The van der Waals surface area contributed by atoms with E-state index in [0.29, 0.717) is 28.8 Å². The minimum atomic E-state index is -0.239. The minimum Gasteiger partial charge on any atom is -0.308 e. The average molecular weight is 294 g/mol. The number of ketones is 1. The zero-order valence-electron chi connectivity index (χ0n) is 11.7. The molecule has 2 heterocycles. The summed E-state index contributed by atoms with van der Waals surface area (Å²) in [7, 11) is 3.92. The number of carbonyl (C=O) groups excluding carboxylic acids is 1. The molecule has 0 spiro atoms. The van der Waals surface area contributed by atoms with Crippen molar-refractivity contribution in [2.75, 3.05) is 20.6 Å². The number of aromatic nitrogens is 4. The highest BCUT2D eigenvalue weighted by molar-refractivity contribution is 6.34. The van der Waals surface area contributed by atoms with Gasteiger partial charge in [0.05, 0.1) is 17.8 Å². The normalized spacial score (nSPS) is 11.1. The summed E-state index contributed by atoms with van der Waals surface area (Å²) >= 11 is 6.08. The van der Waals surface area contributed by atoms with Gasteiger partial charge in [-0.3, -0.25) is 9.48 Å². The van der Waals surface area contributed by atoms with Gasteiger partial charge in [0.25, 0.3) is 0 Å². The molecule has 20 heavy (non-hydrogen) atoms. The van der Waals surface area contributed by atoms with Crippen LogP contribution in [-0.4, -0.2) is 51.1 Å². The van der Waals surface area contributed by atoms with Gasteiger partial charge in [-0.15, -0.1) is 0 Å². The SMILES string of the molecule is Cc1nccc(C(=O)c2c(Cl)cnn2CCN(C)C)n1. The summed E-state index contributed by atoms with van der Waals surface area (Å²) in [5, 5.41) is 4.49. The van der Waals surface area contributed by atoms with Crippen LogP contribution in [0.15, 0.2) is 18.5 Å². The summed E-state index contributed by atoms with van der Waals surface area (Å²) in [6.07, 6.45) is 3.04. The molecule has 2 aromatic rings. The van der Waals surface area contributed by atoms with Crippen LogP contribution in [0.5, 0.6) is 0 Å². The first-order chi connectivity index (χ1) is 9.49. The molecule has 0 N–H and O–H groups in total. The average Bonchev–Trinajstić information content (AvgIpc) is 2.76. The summed E-state index contributed by atoms with van der Waals surface area (Å²) in [5.74, 6) is 0.308. The lowest BCUT2D eigenvalue weighted by Crippen LogP contribution is -2.22. The molecule has 0 fully saturated rings. The Balaban J connectivity index is 2.32. The highest BCUT2D eigenvalue weighted by atomic mass is 35.5. The number of nitrogens with zero attached hydrogens (tertiary/aromatic N) is 5. The van der Waals surface area contributed by atoms with Gasteiger partial charge in [-0.2, -0.15) is 5.10 Å². The Morgan fingerprint density at radius 2 is 2.20 bits per heavy atom. The predicted molar refractivity (Wildman–Crippen MR) is 76.0 cm³/mol. The van der Waals surface area contributed by atoms with Gasteiger partial charge in [-0.25, -0.2) is 9.97 Å². The molecular formula is C13H16ClN5O. The van der Waals surface area contributed by atoms with Crippen LogP contribution in [0.4, 0.5) is 0 Å². The van der Waals surface area contributed by atoms with Crippen molar-refractivity contribution in [2.45, 2.75) is 13.5 Å². The minimum absolute atomic E-state index is 0.239. The van der Waals surface area contributed by atoms with Gasteiger partial charge in [0.15, 0.2) is 0 Å². The quantitative estimate of drug-likeness (QED) is 0.780. The van der Waals surface area contributed by atoms with Crippen LogP contribution >= 0.6 is 11.6 Å². The molecular weight excluding hydrogens is 278 g/mol. The third-order valence-corrected chi connectivity index (χ3v) is 3.05. The maximum atomic E-state index is 12.5. The summed E-state index contributed by atoms with van der Waals surface area (Å²) in [5.41, 5.74) is 0.692. The van der Waals surface area contributed by atoms with Crippen molar-refractivity contribution in [2.24, 2.45) is 0 Å². The van der Waals surface area contributed by atoms with Crippen molar-refractivity contribution in [1.82, 2.24) is 24.6 Å². The molecule has 0 aromatic carbocycles. The molecule has 0 saturated heterocycles. The van der Waals surface area contributed by atoms with E-state index in [9.17, 15) is 4.79 Å². The zero-order valence-corrected chi connectivity index (χ0v) is 12.4. The Bertz CT molecular complexity index is 623. The molecule has 6 nitrogen and oxygen atoms in total. The Labute approximate surface area is 122 Å². The van der Waals surface area contributed by atoms with Gasteiger partial charge in [0, 0.05) is 12.7 Å². The summed E-state index contributed by atoms with van der Waals surface area (Å²) in [6, 6.07) is 1.58. The fraction of sp³-hybridized carbons (Fsp3) is 0.385. The third kappa shape index (κ3) is 3.20. The molecule has 2 aromatic heterocycles. The van der Waals surface area contributed by atoms with Gasteiger partial charge in [0.1, 0.15) is 17.2 Å². The van der Waals surface area contributed by atoms with Crippen molar-refractivity contribution in [3.63, 3.8) is 0 Å². The van der Waals surface area contributed by atoms with E-state index in [1.165, 1.54) is 6.20 Å². The van der Waals surface area contributed by atoms with Crippen molar-refractivity contribution in [3.8, 4) is 0 Å². The lowest BCUT2D eigenvalue weighted by molar-refractivity contribution is 0.102. The number of aryl methyl sites for hydroxylation is 1. The van der Waals surface area contributed by atoms with Crippen molar-refractivity contribution in [1.29, 1.82) is 0 Å². The third-order valence-electron chi connectivity index (χ3n) is 2.78. The molecule has 0 bridgehead atoms. The van der Waals surface area contributed by atoms with E-state index < -0.39 is 0 Å². The summed E-state index contributed by atoms with van der Waals surface area (Å²) in [4.78, 5) is 22.6. The van der Waals surface area contributed by atoms with Crippen molar-refractivity contribution in [3.05, 3.63) is 40.7 Å². The molecule has 0 aliphatic heterocycles. The monoisotopic (exact) mass is 293 g/mol. The molecule has 7 heteroatoms. The highest BCUT2D eigenvalue weighted by Gasteiger charge is 2.20. The van der Waals surface area contributed by atoms with Crippen LogP contribution in [0.3, 0.4) is 0 Å². The predicted octanol–water partition coefficient (Wildman–Crippen LogP) is 1.43. The Morgan fingerprint density at radius 1 is 1.45 bits per heavy atom. The first-order valence-electron chi connectivity index (χ1n) is 6.19. The second kappa shape index (κ2) is 6.11. The first kappa shape index (κ1) is 14.6. The van der Waals surface area contributed by atoms with E-state index in [4.69, 9.17) is 11.6 Å². The number of halogens is 1. The lowest BCUT2D eigenvalue weighted by atomic mass is 10.2. The Morgan fingerprint density at radius 3 is 2.85 bits per heavy atom. The maximum Gasteiger partial charge on any atom is 0.230 e. The van der Waals surface area contributed by atoms with Gasteiger partial charge in [-0.05, 0) is 27.1 Å². The summed E-state index contributed by atoms with van der Waals surface area (Å²) < 4.78 is 1.61. The van der Waals surface area contributed by atoms with E-state index in [1.54, 1.807) is 23.9 Å². The molecule has 0 atom stereocenters. The molecule has 0 radical (unpaired) electrons. The van der Waals surface area contributed by atoms with Crippen LogP contribution in [0.25, 0.3) is 0 Å². The van der Waals surface area contributed by atoms with Crippen molar-refractivity contribution >= 4 is 17.4 Å². The Hall–Kier alpha value is -1.79. The number of rotatable bonds is 5. The van der Waals surface area contributed by atoms with Crippen LogP contribution in [0, 0.1) is 6.92 Å². The van der Waals surface area contributed by atoms with E-state index in [1.807, 2.05) is 19.0 Å². The molecule has 0 aliphatic rings. The van der Waals surface area contributed by atoms with Crippen LogP contribution in [0.2, 0.25) is 5.02 Å². The second-order valence-electron chi connectivity index (χ2n) is 4.69. The van der Waals surface area contributed by atoms with Crippen molar-refractivity contribution < 1.29 is 4.79 Å². The van der Waals surface area contributed by atoms with E-state index in [2.05, 4.69) is 15.1 Å². The van der Waals surface area contributed by atoms with Gasteiger partial charge in [0.2, 0.25) is 5.78 Å². The smallest absolute Gasteiger partial charge is 0.230 e. The number of carbonyl (C=O) groups is 1. The van der Waals surface area contributed by atoms with Gasteiger partial charge >= 0.3 is 0 Å². The molecule has 0 unspecified atom stereocenters. The first-order valence-corrected chi connectivity index (χ1v) is 6.57.